The van der Waals surface area contributed by atoms with Gasteiger partial charge in [-0.1, -0.05) is 17.7 Å². The van der Waals surface area contributed by atoms with Gasteiger partial charge >= 0.3 is 0 Å². The largest absolute Gasteiger partial charge is 0.497 e. The van der Waals surface area contributed by atoms with Crippen molar-refractivity contribution in [2.75, 3.05) is 7.11 Å². The van der Waals surface area contributed by atoms with E-state index < -0.39 is 0 Å². The Bertz CT molecular complexity index is 627. The van der Waals surface area contributed by atoms with Crippen LogP contribution in [0.25, 0.3) is 0 Å². The van der Waals surface area contributed by atoms with E-state index >= 15 is 0 Å². The van der Waals surface area contributed by atoms with Crippen molar-refractivity contribution in [3.05, 3.63) is 43.5 Å². The van der Waals surface area contributed by atoms with Crippen LogP contribution >= 0.6 is 38.9 Å². The van der Waals surface area contributed by atoms with Gasteiger partial charge in [0.15, 0.2) is 0 Å². The van der Waals surface area contributed by atoms with Crippen LogP contribution in [0.1, 0.15) is 29.0 Å². The molecule has 1 aromatic heterocycles. The van der Waals surface area contributed by atoms with E-state index in [-0.39, 0.29) is 12.1 Å². The highest BCUT2D eigenvalue weighted by Crippen LogP contribution is 2.45. The minimum atomic E-state index is -0.0709. The minimum Gasteiger partial charge on any atom is -0.497 e. The van der Waals surface area contributed by atoms with Crippen LogP contribution in [0.15, 0.2) is 28.7 Å². The second kappa shape index (κ2) is 5.56. The first kappa shape index (κ1) is 14.2. The summed E-state index contributed by atoms with van der Waals surface area (Å²) in [6.07, 6.45) is 0.668. The first-order valence-corrected chi connectivity index (χ1v) is 8.12. The molecule has 1 aromatic carbocycles. The first-order chi connectivity index (χ1) is 9.58. The third-order valence-corrected chi connectivity index (χ3v) is 5.91. The van der Waals surface area contributed by atoms with Crippen molar-refractivity contribution in [1.82, 2.24) is 0 Å². The zero-order valence-electron chi connectivity index (χ0n) is 10.7. The Labute approximate surface area is 134 Å². The van der Waals surface area contributed by atoms with Crippen molar-refractivity contribution in [3.8, 4) is 11.5 Å². The van der Waals surface area contributed by atoms with Gasteiger partial charge in [-0.05, 0) is 28.1 Å². The number of fused-ring (bicyclic) bond motifs is 1. The molecule has 2 aromatic rings. The standard InChI is InChI=1S/C14H13BrClNO2S/c1-18-7-2-3-8-10(17)6-12(19-11(8)4-7)13-5-9(15)14(16)20-13/h2-5,10,12H,6,17H2,1H3. The van der Waals surface area contributed by atoms with Gasteiger partial charge in [0.05, 0.1) is 7.11 Å². The van der Waals surface area contributed by atoms with Crippen LogP contribution in [0.5, 0.6) is 11.5 Å². The van der Waals surface area contributed by atoms with Gasteiger partial charge in [0, 0.05) is 33.4 Å². The van der Waals surface area contributed by atoms with Crippen LogP contribution in [0.4, 0.5) is 0 Å². The molecule has 1 aliphatic rings. The molecule has 2 unspecified atom stereocenters. The molecule has 2 atom stereocenters. The molecule has 1 aliphatic heterocycles. The van der Waals surface area contributed by atoms with E-state index in [2.05, 4.69) is 15.9 Å². The highest BCUT2D eigenvalue weighted by Gasteiger charge is 2.29. The lowest BCUT2D eigenvalue weighted by molar-refractivity contribution is 0.164. The van der Waals surface area contributed by atoms with Crippen LogP contribution in [0.2, 0.25) is 4.34 Å². The fourth-order valence-electron chi connectivity index (χ4n) is 2.31. The molecule has 0 bridgehead atoms. The van der Waals surface area contributed by atoms with Gasteiger partial charge in [-0.3, -0.25) is 0 Å². The Balaban J connectivity index is 1.94. The lowest BCUT2D eigenvalue weighted by Crippen LogP contribution is -2.23. The molecule has 6 heteroatoms. The number of hydrogen-bond donors (Lipinski definition) is 1. The third-order valence-electron chi connectivity index (χ3n) is 3.34. The maximum Gasteiger partial charge on any atom is 0.135 e. The molecule has 20 heavy (non-hydrogen) atoms. The van der Waals surface area contributed by atoms with Crippen LogP contribution in [-0.2, 0) is 0 Å². The summed E-state index contributed by atoms with van der Waals surface area (Å²) in [7, 11) is 1.64. The summed E-state index contributed by atoms with van der Waals surface area (Å²) in [5, 5.41) is 0. The summed E-state index contributed by atoms with van der Waals surface area (Å²) >= 11 is 11.0. The van der Waals surface area contributed by atoms with Crippen molar-refractivity contribution in [2.45, 2.75) is 18.6 Å². The van der Waals surface area contributed by atoms with Crippen LogP contribution < -0.4 is 15.2 Å². The van der Waals surface area contributed by atoms with Gasteiger partial charge in [-0.15, -0.1) is 11.3 Å². The fourth-order valence-corrected chi connectivity index (χ4v) is 4.08. The average molecular weight is 375 g/mol. The van der Waals surface area contributed by atoms with E-state index in [0.717, 1.165) is 37.2 Å². The molecule has 3 rings (SSSR count). The van der Waals surface area contributed by atoms with Crippen molar-refractivity contribution in [1.29, 1.82) is 0 Å². The highest BCUT2D eigenvalue weighted by atomic mass is 79.9. The molecule has 2 N–H and O–H groups in total. The Kier molecular flexibility index (Phi) is 3.95. The molecule has 0 saturated carbocycles. The molecule has 0 amide bonds. The monoisotopic (exact) mass is 373 g/mol. The van der Waals surface area contributed by atoms with E-state index in [1.54, 1.807) is 7.11 Å². The molecule has 0 saturated heterocycles. The molecule has 2 heterocycles. The Morgan fingerprint density at radius 2 is 2.25 bits per heavy atom. The zero-order chi connectivity index (χ0) is 14.3. The van der Waals surface area contributed by atoms with E-state index in [1.165, 1.54) is 11.3 Å². The molecular weight excluding hydrogens is 362 g/mol. The molecule has 0 fully saturated rings. The number of benzene rings is 1. The summed E-state index contributed by atoms with van der Waals surface area (Å²) in [5.74, 6) is 1.55. The first-order valence-electron chi connectivity index (χ1n) is 6.13. The van der Waals surface area contributed by atoms with Crippen molar-refractivity contribution < 1.29 is 9.47 Å². The number of ether oxygens (including phenoxy) is 2. The fraction of sp³-hybridized carbons (Fsp3) is 0.286. The lowest BCUT2D eigenvalue weighted by Gasteiger charge is -2.30. The number of thiophene rings is 1. The number of methoxy groups -OCH3 is 1. The summed E-state index contributed by atoms with van der Waals surface area (Å²) in [5.41, 5.74) is 7.27. The summed E-state index contributed by atoms with van der Waals surface area (Å²) < 4.78 is 12.9. The van der Waals surface area contributed by atoms with Crippen molar-refractivity contribution in [3.63, 3.8) is 0 Å². The molecule has 3 nitrogen and oxygen atoms in total. The maximum atomic E-state index is 6.25. The van der Waals surface area contributed by atoms with Crippen LogP contribution in [-0.4, -0.2) is 7.11 Å². The van der Waals surface area contributed by atoms with Crippen molar-refractivity contribution in [2.24, 2.45) is 5.73 Å². The van der Waals surface area contributed by atoms with Gasteiger partial charge in [0.1, 0.15) is 21.9 Å². The van der Waals surface area contributed by atoms with Crippen LogP contribution in [0, 0.1) is 0 Å². The topological polar surface area (TPSA) is 44.5 Å². The molecule has 0 radical (unpaired) electrons. The lowest BCUT2D eigenvalue weighted by atomic mass is 9.96. The highest BCUT2D eigenvalue weighted by molar-refractivity contribution is 9.10. The van der Waals surface area contributed by atoms with E-state index in [9.17, 15) is 0 Å². The second-order valence-electron chi connectivity index (χ2n) is 4.62. The Hall–Kier alpha value is -0.750. The van der Waals surface area contributed by atoms with E-state index in [1.807, 2.05) is 24.3 Å². The smallest absolute Gasteiger partial charge is 0.135 e. The summed E-state index contributed by atoms with van der Waals surface area (Å²) in [6, 6.07) is 7.70. The number of halogens is 2. The average Bonchev–Trinajstić information content (AvgIpc) is 2.78. The Morgan fingerprint density at radius 3 is 2.90 bits per heavy atom. The van der Waals surface area contributed by atoms with Gasteiger partial charge in [0.2, 0.25) is 0 Å². The van der Waals surface area contributed by atoms with Crippen LogP contribution in [0.3, 0.4) is 0 Å². The SMILES string of the molecule is COc1ccc2c(c1)OC(c1cc(Br)c(Cl)s1)CC2N. The maximum absolute atomic E-state index is 6.25. The van der Waals surface area contributed by atoms with Gasteiger partial charge < -0.3 is 15.2 Å². The Morgan fingerprint density at radius 1 is 1.45 bits per heavy atom. The molecular formula is C14H13BrClNO2S. The second-order valence-corrected chi connectivity index (χ2v) is 7.16. The summed E-state index contributed by atoms with van der Waals surface area (Å²) in [4.78, 5) is 1.07. The van der Waals surface area contributed by atoms with E-state index in [0.29, 0.717) is 0 Å². The van der Waals surface area contributed by atoms with Crippen molar-refractivity contribution >= 4 is 38.9 Å². The van der Waals surface area contributed by atoms with E-state index in [4.69, 9.17) is 26.8 Å². The predicted octanol–water partition coefficient (Wildman–Crippen LogP) is 4.70. The zero-order valence-corrected chi connectivity index (χ0v) is 13.9. The normalized spacial score (nSPS) is 21.2. The number of rotatable bonds is 2. The minimum absolute atomic E-state index is 0.0469. The number of hydrogen-bond acceptors (Lipinski definition) is 4. The third kappa shape index (κ3) is 2.55. The quantitative estimate of drug-likeness (QED) is 0.829. The molecule has 0 aliphatic carbocycles. The predicted molar refractivity (Wildman–Crippen MR) is 84.9 cm³/mol. The molecule has 0 spiro atoms. The van der Waals surface area contributed by atoms with Gasteiger partial charge in [-0.2, -0.15) is 0 Å². The number of nitrogens with two attached hydrogens (primary N) is 1. The van der Waals surface area contributed by atoms with Gasteiger partial charge in [0.25, 0.3) is 0 Å². The van der Waals surface area contributed by atoms with Gasteiger partial charge in [-0.25, -0.2) is 0 Å². The molecule has 106 valence electrons. The summed E-state index contributed by atoms with van der Waals surface area (Å²) in [6.45, 7) is 0.